The van der Waals surface area contributed by atoms with Crippen LogP contribution in [-0.4, -0.2) is 50.1 Å². The lowest BCUT2D eigenvalue weighted by Crippen LogP contribution is -2.43. The lowest BCUT2D eigenvalue weighted by Gasteiger charge is -2.29. The minimum absolute atomic E-state index is 0.0123. The van der Waals surface area contributed by atoms with Gasteiger partial charge in [0.15, 0.2) is 0 Å². The van der Waals surface area contributed by atoms with Gasteiger partial charge in [-0.15, -0.1) is 0 Å². The molecule has 1 aromatic heterocycles. The Hall–Kier alpha value is -3.70. The van der Waals surface area contributed by atoms with Crippen molar-refractivity contribution < 1.29 is 22.3 Å². The van der Waals surface area contributed by atoms with Crippen molar-refractivity contribution in [3.8, 4) is 0 Å². The van der Waals surface area contributed by atoms with Crippen molar-refractivity contribution in [1.29, 1.82) is 0 Å². The van der Waals surface area contributed by atoms with Crippen LogP contribution in [-0.2, 0) is 14.8 Å². The van der Waals surface area contributed by atoms with E-state index in [0.717, 1.165) is 10.4 Å². The van der Waals surface area contributed by atoms with Crippen LogP contribution in [0.5, 0.6) is 0 Å². The molecule has 2 atom stereocenters. The van der Waals surface area contributed by atoms with Crippen LogP contribution < -0.4 is 9.86 Å². The highest BCUT2D eigenvalue weighted by Crippen LogP contribution is 2.49. The first-order valence-corrected chi connectivity index (χ1v) is 15.3. The number of nitrogens with zero attached hydrogens (tertiary/aromatic N) is 3. The van der Waals surface area contributed by atoms with E-state index in [4.69, 9.17) is 27.9 Å². The summed E-state index contributed by atoms with van der Waals surface area (Å²) in [5.74, 6) is -1.43. The molecule has 0 aliphatic carbocycles. The van der Waals surface area contributed by atoms with Gasteiger partial charge in [-0.05, 0) is 59.7 Å². The Kier molecular flexibility index (Phi) is 7.57. The first-order valence-electron chi connectivity index (χ1n) is 13.1. The molecule has 3 heterocycles. The second-order valence-electron chi connectivity index (χ2n) is 9.91. The summed E-state index contributed by atoms with van der Waals surface area (Å²) in [6.45, 7) is 1.33. The monoisotopic (exact) mass is 627 g/mol. The third kappa shape index (κ3) is 4.88. The maximum Gasteiger partial charge on any atom is 0.269 e. The van der Waals surface area contributed by atoms with Crippen molar-refractivity contribution in [3.05, 3.63) is 128 Å². The molecule has 8 nitrogen and oxygen atoms in total. The summed E-state index contributed by atoms with van der Waals surface area (Å²) in [6.07, 6.45) is 0. The molecule has 216 valence electrons. The van der Waals surface area contributed by atoms with E-state index in [9.17, 15) is 18.0 Å². The van der Waals surface area contributed by atoms with Crippen molar-refractivity contribution in [2.24, 2.45) is 0 Å². The first kappa shape index (κ1) is 28.4. The molecule has 0 bridgehead atoms. The lowest BCUT2D eigenvalue weighted by atomic mass is 9.94. The number of benzene rings is 3. The van der Waals surface area contributed by atoms with Gasteiger partial charge in [0.05, 0.1) is 25.3 Å². The van der Waals surface area contributed by atoms with E-state index in [1.807, 2.05) is 0 Å². The van der Waals surface area contributed by atoms with Crippen molar-refractivity contribution in [2.45, 2.75) is 17.0 Å². The third-order valence-electron chi connectivity index (χ3n) is 7.48. The highest BCUT2D eigenvalue weighted by atomic mass is 35.5. The molecule has 0 unspecified atom stereocenters. The van der Waals surface area contributed by atoms with Crippen LogP contribution in [0.2, 0.25) is 10.0 Å². The van der Waals surface area contributed by atoms with E-state index < -0.39 is 44.3 Å². The third-order valence-corrected chi connectivity index (χ3v) is 9.80. The molecule has 0 N–H and O–H groups in total. The molecule has 2 aliphatic heterocycles. The average Bonchev–Trinajstić information content (AvgIpc) is 3.35. The lowest BCUT2D eigenvalue weighted by molar-refractivity contribution is 0.0301. The molecule has 1 fully saturated rings. The smallest absolute Gasteiger partial charge is 0.269 e. The number of carbonyl (C=O) groups is 1. The number of morpholine rings is 1. The van der Waals surface area contributed by atoms with Gasteiger partial charge in [-0.1, -0.05) is 59.6 Å². The summed E-state index contributed by atoms with van der Waals surface area (Å²) in [4.78, 5) is 28.7. The van der Waals surface area contributed by atoms with E-state index in [1.165, 1.54) is 39.8 Å². The molecule has 1 saturated heterocycles. The molecule has 2 aliphatic rings. The van der Waals surface area contributed by atoms with Crippen LogP contribution in [0.4, 0.5) is 10.2 Å². The molecule has 12 heteroatoms. The summed E-state index contributed by atoms with van der Waals surface area (Å²) in [5, 5.41) is 0.871. The first-order chi connectivity index (χ1) is 20.2. The topological polar surface area (TPSA) is 88.9 Å². The van der Waals surface area contributed by atoms with E-state index in [0.29, 0.717) is 47.5 Å². The van der Waals surface area contributed by atoms with Crippen molar-refractivity contribution in [3.63, 3.8) is 0 Å². The Morgan fingerprint density at radius 3 is 1.98 bits per heavy atom. The Morgan fingerprint density at radius 2 is 1.38 bits per heavy atom. The normalized spacial score (nSPS) is 18.6. The number of hydrogen-bond acceptors (Lipinski definition) is 5. The summed E-state index contributed by atoms with van der Waals surface area (Å²) >= 11 is 12.4. The molecular weight excluding hydrogens is 604 g/mol. The fourth-order valence-electron chi connectivity index (χ4n) is 5.50. The van der Waals surface area contributed by atoms with Crippen LogP contribution in [0.1, 0.15) is 33.6 Å². The zero-order chi connectivity index (χ0) is 29.6. The number of halogens is 3. The molecule has 4 aromatic rings. The second-order valence-corrected chi connectivity index (χ2v) is 12.6. The van der Waals surface area contributed by atoms with E-state index in [-0.39, 0.29) is 11.4 Å². The Bertz CT molecular complexity index is 1830. The van der Waals surface area contributed by atoms with Gasteiger partial charge in [0.2, 0.25) is 0 Å². The number of sulfonamides is 1. The fourth-order valence-corrected chi connectivity index (χ4v) is 7.46. The predicted molar refractivity (Wildman–Crippen MR) is 157 cm³/mol. The Balaban J connectivity index is 1.63. The summed E-state index contributed by atoms with van der Waals surface area (Å²) in [7, 11) is -4.58. The molecule has 3 aromatic carbocycles. The van der Waals surface area contributed by atoms with Crippen LogP contribution in [0.25, 0.3) is 0 Å². The number of fused-ring (bicyclic) bond motifs is 1. The van der Waals surface area contributed by atoms with Gasteiger partial charge >= 0.3 is 0 Å². The minimum Gasteiger partial charge on any atom is -0.378 e. The highest BCUT2D eigenvalue weighted by molar-refractivity contribution is 7.92. The molecule has 0 saturated carbocycles. The van der Waals surface area contributed by atoms with Crippen molar-refractivity contribution >= 4 is 45.0 Å². The van der Waals surface area contributed by atoms with Gasteiger partial charge in [-0.2, -0.15) is 0 Å². The fraction of sp³-hybridized carbons (Fsp3) is 0.200. The maximum atomic E-state index is 15.0. The molecule has 1 amide bonds. The molecule has 6 rings (SSSR count). The highest BCUT2D eigenvalue weighted by Gasteiger charge is 2.48. The quantitative estimate of drug-likeness (QED) is 0.299. The number of aromatic nitrogens is 1. The van der Waals surface area contributed by atoms with Gasteiger partial charge in [-0.25, -0.2) is 17.1 Å². The maximum absolute atomic E-state index is 15.0. The Morgan fingerprint density at radius 1 is 0.810 bits per heavy atom. The second kappa shape index (κ2) is 11.2. The molecule has 0 radical (unpaired) electrons. The molecule has 0 spiro atoms. The number of amides is 1. The summed E-state index contributed by atoms with van der Waals surface area (Å²) in [5.41, 5.74) is 0.280. The van der Waals surface area contributed by atoms with E-state index in [2.05, 4.69) is 0 Å². The number of ether oxygens (including phenoxy) is 1. The van der Waals surface area contributed by atoms with E-state index >= 15 is 4.39 Å². The van der Waals surface area contributed by atoms with Gasteiger partial charge in [0.1, 0.15) is 22.1 Å². The van der Waals surface area contributed by atoms with Crippen LogP contribution in [0, 0.1) is 5.82 Å². The predicted octanol–water partition coefficient (Wildman–Crippen LogP) is 5.31. The number of carbonyl (C=O) groups excluding carboxylic acids is 1. The van der Waals surface area contributed by atoms with Gasteiger partial charge in [-0.3, -0.25) is 14.2 Å². The van der Waals surface area contributed by atoms with E-state index in [1.54, 1.807) is 48.5 Å². The number of pyridine rings is 1. The largest absolute Gasteiger partial charge is 0.378 e. The minimum atomic E-state index is -4.58. The SMILES string of the molecule is O=C(c1ccc2n(c1=O)[C@@H](c1ccc(Cl)cc1)[C@@H](c1ccc(Cl)cc1)N2S(=O)(=O)c1ccccc1F)N1CCOCC1. The van der Waals surface area contributed by atoms with Crippen LogP contribution in [0.15, 0.2) is 94.6 Å². The Labute approximate surface area is 251 Å². The van der Waals surface area contributed by atoms with Gasteiger partial charge in [0, 0.05) is 23.1 Å². The number of rotatable bonds is 5. The van der Waals surface area contributed by atoms with Crippen molar-refractivity contribution in [2.75, 3.05) is 30.6 Å². The van der Waals surface area contributed by atoms with Crippen molar-refractivity contribution in [1.82, 2.24) is 9.47 Å². The number of anilines is 1. The summed E-state index contributed by atoms with van der Waals surface area (Å²) < 4.78 is 51.4. The number of hydrogen-bond donors (Lipinski definition) is 0. The van der Waals surface area contributed by atoms with Gasteiger partial charge in [0.25, 0.3) is 21.5 Å². The average molecular weight is 629 g/mol. The molecular formula is C30H24Cl2FN3O5S. The summed E-state index contributed by atoms with van der Waals surface area (Å²) in [6, 6.07) is 19.1. The van der Waals surface area contributed by atoms with Crippen LogP contribution in [0.3, 0.4) is 0 Å². The van der Waals surface area contributed by atoms with Gasteiger partial charge < -0.3 is 9.64 Å². The zero-order valence-corrected chi connectivity index (χ0v) is 24.3. The standard InChI is InChI=1S/C30H24Cl2FN3O5S/c31-21-9-5-19(6-10-21)27-28(20-7-11-22(32)12-8-20)36(42(39,40)25-4-2-1-3-24(25)33)26-14-13-23(30(38)35(26)27)29(37)34-15-17-41-18-16-34/h1-14,27-28H,15-18H2/t27-,28+/m0/s1. The molecule has 42 heavy (non-hydrogen) atoms. The zero-order valence-electron chi connectivity index (χ0n) is 22.0. The van der Waals surface area contributed by atoms with Crippen LogP contribution >= 0.6 is 23.2 Å².